The normalized spacial score (nSPS) is 30.0. The summed E-state index contributed by atoms with van der Waals surface area (Å²) in [4.78, 5) is 14.0. The van der Waals surface area contributed by atoms with E-state index in [-0.39, 0.29) is 17.6 Å². The van der Waals surface area contributed by atoms with Gasteiger partial charge < -0.3 is 15.0 Å². The number of carbonyl (C=O) groups excluding carboxylic acids is 1. The predicted molar refractivity (Wildman–Crippen MR) is 95.9 cm³/mol. The molecule has 1 aromatic rings. The van der Waals surface area contributed by atoms with E-state index in [1.165, 1.54) is 18.4 Å². The predicted octanol–water partition coefficient (Wildman–Crippen LogP) is 2.77. The summed E-state index contributed by atoms with van der Waals surface area (Å²) >= 11 is 0. The lowest BCUT2D eigenvalue weighted by Gasteiger charge is -2.45. The molecule has 0 aromatic heterocycles. The van der Waals surface area contributed by atoms with Crippen molar-refractivity contribution >= 4 is 5.91 Å². The Labute approximate surface area is 145 Å². The Kier molecular flexibility index (Phi) is 5.57. The van der Waals surface area contributed by atoms with E-state index in [4.69, 9.17) is 4.74 Å². The molecule has 4 nitrogen and oxygen atoms in total. The van der Waals surface area contributed by atoms with Gasteiger partial charge in [-0.2, -0.15) is 0 Å². The summed E-state index contributed by atoms with van der Waals surface area (Å²) in [6.45, 7) is 3.52. The number of amides is 1. The average Bonchev–Trinajstić information content (AvgIpc) is 3.03. The first-order chi connectivity index (χ1) is 11.6. The zero-order chi connectivity index (χ0) is 17.0. The van der Waals surface area contributed by atoms with Crippen LogP contribution in [0.1, 0.15) is 44.6 Å². The molecule has 3 rings (SSSR count). The minimum absolute atomic E-state index is 0.0562. The van der Waals surface area contributed by atoms with E-state index < -0.39 is 0 Å². The lowest BCUT2D eigenvalue weighted by molar-refractivity contribution is -0.121. The molecule has 1 saturated carbocycles. The van der Waals surface area contributed by atoms with Gasteiger partial charge >= 0.3 is 0 Å². The molecule has 1 aromatic carbocycles. The highest BCUT2D eigenvalue weighted by Gasteiger charge is 2.45. The van der Waals surface area contributed by atoms with Crippen LogP contribution < -0.4 is 5.32 Å². The van der Waals surface area contributed by atoms with E-state index in [2.05, 4.69) is 47.6 Å². The molecule has 0 bridgehead atoms. The summed E-state index contributed by atoms with van der Waals surface area (Å²) in [7, 11) is 2.19. The monoisotopic (exact) mass is 330 g/mol. The number of ether oxygens (including phenoxy) is 1. The summed E-state index contributed by atoms with van der Waals surface area (Å²) in [5.74, 6) is 0.0738. The molecular weight excluding hydrogens is 300 g/mol. The zero-order valence-corrected chi connectivity index (χ0v) is 15.0. The Morgan fingerprint density at radius 3 is 2.79 bits per heavy atom. The van der Waals surface area contributed by atoms with Crippen molar-refractivity contribution in [3.05, 3.63) is 35.9 Å². The Balaban J connectivity index is 1.65. The minimum Gasteiger partial charge on any atom is -0.375 e. The average molecular weight is 330 g/mol. The van der Waals surface area contributed by atoms with Gasteiger partial charge in [0.25, 0.3) is 0 Å². The van der Waals surface area contributed by atoms with Crippen LogP contribution in [0.3, 0.4) is 0 Å². The molecule has 1 amide bonds. The van der Waals surface area contributed by atoms with Crippen molar-refractivity contribution in [3.63, 3.8) is 0 Å². The van der Waals surface area contributed by atoms with Gasteiger partial charge in [-0.15, -0.1) is 0 Å². The number of benzene rings is 1. The molecule has 4 heteroatoms. The third kappa shape index (κ3) is 4.17. The summed E-state index contributed by atoms with van der Waals surface area (Å²) in [6, 6.07) is 11.2. The molecule has 1 heterocycles. The van der Waals surface area contributed by atoms with Crippen molar-refractivity contribution in [3.8, 4) is 0 Å². The molecule has 3 atom stereocenters. The fourth-order valence-electron chi connectivity index (χ4n) is 4.36. The topological polar surface area (TPSA) is 41.6 Å². The number of carbonyl (C=O) groups is 1. The van der Waals surface area contributed by atoms with E-state index in [1.54, 1.807) is 6.92 Å². The van der Waals surface area contributed by atoms with E-state index in [1.807, 2.05) is 0 Å². The minimum atomic E-state index is 0.0562. The molecule has 1 saturated heterocycles. The molecular formula is C20H30N2O2. The van der Waals surface area contributed by atoms with Crippen LogP contribution in [-0.4, -0.2) is 48.7 Å². The number of nitrogens with zero attached hydrogens (tertiary/aromatic N) is 1. The number of rotatable bonds is 5. The molecule has 3 unspecified atom stereocenters. The van der Waals surface area contributed by atoms with Gasteiger partial charge in [0.2, 0.25) is 5.91 Å². The molecule has 1 spiro atoms. The van der Waals surface area contributed by atoms with Gasteiger partial charge in [-0.25, -0.2) is 0 Å². The van der Waals surface area contributed by atoms with Crippen molar-refractivity contribution in [2.24, 2.45) is 0 Å². The number of hydrogen-bond acceptors (Lipinski definition) is 3. The summed E-state index contributed by atoms with van der Waals surface area (Å²) in [5, 5.41) is 3.18. The maximum absolute atomic E-state index is 11.6. The quantitative estimate of drug-likeness (QED) is 0.902. The van der Waals surface area contributed by atoms with Crippen LogP contribution in [0.15, 0.2) is 30.3 Å². The SMILES string of the molecule is CC(=O)NC1CCC2(CCCO2)CC1N(C)CCc1ccccc1. The molecule has 0 radical (unpaired) electrons. The first-order valence-corrected chi connectivity index (χ1v) is 9.23. The van der Waals surface area contributed by atoms with Crippen molar-refractivity contribution in [2.45, 2.75) is 63.1 Å². The lowest BCUT2D eigenvalue weighted by Crippen LogP contribution is -2.57. The molecule has 1 aliphatic heterocycles. The molecule has 132 valence electrons. The first-order valence-electron chi connectivity index (χ1n) is 9.23. The molecule has 2 fully saturated rings. The van der Waals surface area contributed by atoms with E-state index in [0.29, 0.717) is 6.04 Å². The number of hydrogen-bond donors (Lipinski definition) is 1. The first kappa shape index (κ1) is 17.4. The zero-order valence-electron chi connectivity index (χ0n) is 15.0. The van der Waals surface area contributed by atoms with E-state index in [9.17, 15) is 4.79 Å². The van der Waals surface area contributed by atoms with Crippen LogP contribution in [0, 0.1) is 0 Å². The fourth-order valence-corrected chi connectivity index (χ4v) is 4.36. The van der Waals surface area contributed by atoms with Crippen LogP contribution in [-0.2, 0) is 16.0 Å². The molecule has 24 heavy (non-hydrogen) atoms. The van der Waals surface area contributed by atoms with Crippen LogP contribution in [0.2, 0.25) is 0 Å². The molecule has 1 N–H and O–H groups in total. The fraction of sp³-hybridized carbons (Fsp3) is 0.650. The number of likely N-dealkylation sites (N-methyl/N-ethyl adjacent to an activating group) is 1. The second-order valence-corrected chi connectivity index (χ2v) is 7.47. The van der Waals surface area contributed by atoms with Gasteiger partial charge in [-0.1, -0.05) is 30.3 Å². The smallest absolute Gasteiger partial charge is 0.217 e. The van der Waals surface area contributed by atoms with Crippen LogP contribution in [0.5, 0.6) is 0 Å². The van der Waals surface area contributed by atoms with Crippen molar-refractivity contribution in [1.82, 2.24) is 10.2 Å². The van der Waals surface area contributed by atoms with Gasteiger partial charge in [-0.05, 0) is 51.1 Å². The molecule has 1 aliphatic carbocycles. The largest absolute Gasteiger partial charge is 0.375 e. The third-order valence-corrected chi connectivity index (χ3v) is 5.69. The Morgan fingerprint density at radius 1 is 1.33 bits per heavy atom. The van der Waals surface area contributed by atoms with Crippen LogP contribution in [0.25, 0.3) is 0 Å². The van der Waals surface area contributed by atoms with E-state index in [0.717, 1.165) is 38.8 Å². The second kappa shape index (κ2) is 7.66. The highest BCUT2D eigenvalue weighted by molar-refractivity contribution is 5.73. The van der Waals surface area contributed by atoms with Gasteiger partial charge in [0.15, 0.2) is 0 Å². The highest BCUT2D eigenvalue weighted by atomic mass is 16.5. The third-order valence-electron chi connectivity index (χ3n) is 5.69. The summed E-state index contributed by atoms with van der Waals surface area (Å²) in [6.07, 6.45) is 6.49. The highest BCUT2D eigenvalue weighted by Crippen LogP contribution is 2.40. The van der Waals surface area contributed by atoms with E-state index >= 15 is 0 Å². The van der Waals surface area contributed by atoms with Crippen molar-refractivity contribution in [1.29, 1.82) is 0 Å². The summed E-state index contributed by atoms with van der Waals surface area (Å²) < 4.78 is 6.14. The van der Waals surface area contributed by atoms with Gasteiger partial charge in [-0.3, -0.25) is 4.79 Å². The number of nitrogens with one attached hydrogen (secondary N) is 1. The maximum atomic E-state index is 11.6. The van der Waals surface area contributed by atoms with Gasteiger partial charge in [0.05, 0.1) is 5.60 Å². The Bertz CT molecular complexity index is 540. The van der Waals surface area contributed by atoms with Gasteiger partial charge in [0, 0.05) is 32.2 Å². The van der Waals surface area contributed by atoms with Gasteiger partial charge in [0.1, 0.15) is 0 Å². The maximum Gasteiger partial charge on any atom is 0.217 e. The lowest BCUT2D eigenvalue weighted by atomic mass is 9.76. The Morgan fingerprint density at radius 2 is 2.12 bits per heavy atom. The Hall–Kier alpha value is -1.39. The van der Waals surface area contributed by atoms with Crippen molar-refractivity contribution in [2.75, 3.05) is 20.2 Å². The second-order valence-electron chi connectivity index (χ2n) is 7.47. The van der Waals surface area contributed by atoms with Crippen LogP contribution >= 0.6 is 0 Å². The van der Waals surface area contributed by atoms with Crippen LogP contribution in [0.4, 0.5) is 0 Å². The van der Waals surface area contributed by atoms with Crippen molar-refractivity contribution < 1.29 is 9.53 Å². The standard InChI is InChI=1S/C20H30N2O2/c1-16(23)21-18-9-12-20(11-6-14-24-20)15-19(18)22(2)13-10-17-7-4-3-5-8-17/h3-5,7-8,18-19H,6,9-15H2,1-2H3,(H,21,23). The summed E-state index contributed by atoms with van der Waals surface area (Å²) in [5.41, 5.74) is 1.42. The molecule has 2 aliphatic rings.